The summed E-state index contributed by atoms with van der Waals surface area (Å²) in [7, 11) is 0. The van der Waals surface area contributed by atoms with Crippen LogP contribution in [0.5, 0.6) is 0 Å². The monoisotopic (exact) mass is 460 g/mol. The van der Waals surface area contributed by atoms with Gasteiger partial charge < -0.3 is 24.3 Å². The molecule has 29 heavy (non-hydrogen) atoms. The molecule has 2 heterocycles. The molecule has 0 bridgehead atoms. The standard InChI is InChI=1S/C14H15BrN2O3.C7H6O2/c15-12-3-1-11(2-4-12)14(9-17-6-5-16-10-17)19-8-13(7-18)20-14;8-7(9)6-4-2-1-3-5-6/h1-6,10,13,18H,7-9H2;1-5H,(H,8,9)/t13-,14-;/m1./s1. The van der Waals surface area contributed by atoms with E-state index in [-0.39, 0.29) is 12.7 Å². The van der Waals surface area contributed by atoms with E-state index in [2.05, 4.69) is 20.9 Å². The van der Waals surface area contributed by atoms with Gasteiger partial charge in [0, 0.05) is 22.4 Å². The van der Waals surface area contributed by atoms with Gasteiger partial charge in [-0.25, -0.2) is 9.78 Å². The zero-order chi connectivity index (χ0) is 20.7. The summed E-state index contributed by atoms with van der Waals surface area (Å²) in [6.45, 7) is 0.814. The number of carboxylic acids is 1. The van der Waals surface area contributed by atoms with Crippen LogP contribution in [-0.4, -0.2) is 45.1 Å². The van der Waals surface area contributed by atoms with Gasteiger partial charge in [0.25, 0.3) is 0 Å². The quantitative estimate of drug-likeness (QED) is 0.606. The molecule has 0 saturated carbocycles. The van der Waals surface area contributed by atoms with Gasteiger partial charge in [-0.05, 0) is 24.3 Å². The van der Waals surface area contributed by atoms with Crippen LogP contribution in [0.15, 0.2) is 77.8 Å². The predicted octanol–water partition coefficient (Wildman–Crippen LogP) is 3.29. The molecule has 3 aromatic rings. The SMILES string of the molecule is O=C(O)c1ccccc1.OC[C@@H]1CO[C@@](Cn2ccnc2)(c2ccc(Br)cc2)O1. The van der Waals surface area contributed by atoms with E-state index in [1.54, 1.807) is 42.9 Å². The maximum absolute atomic E-state index is 10.2. The Morgan fingerprint density at radius 3 is 2.45 bits per heavy atom. The van der Waals surface area contributed by atoms with Crippen molar-refractivity contribution in [3.8, 4) is 0 Å². The Hall–Kier alpha value is -2.52. The van der Waals surface area contributed by atoms with Crippen molar-refractivity contribution in [2.24, 2.45) is 0 Å². The van der Waals surface area contributed by atoms with Crippen LogP contribution in [0.2, 0.25) is 0 Å². The third-order valence-electron chi connectivity index (χ3n) is 4.32. The minimum Gasteiger partial charge on any atom is -0.478 e. The summed E-state index contributed by atoms with van der Waals surface area (Å²) in [5.74, 6) is -1.76. The summed E-state index contributed by atoms with van der Waals surface area (Å²) in [6.07, 6.45) is 5.00. The number of benzene rings is 2. The van der Waals surface area contributed by atoms with Crippen molar-refractivity contribution < 1.29 is 24.5 Å². The number of hydrogen-bond acceptors (Lipinski definition) is 5. The van der Waals surface area contributed by atoms with Crippen molar-refractivity contribution >= 4 is 21.9 Å². The molecule has 2 N–H and O–H groups in total. The van der Waals surface area contributed by atoms with Crippen molar-refractivity contribution in [2.45, 2.75) is 18.4 Å². The lowest BCUT2D eigenvalue weighted by Crippen LogP contribution is -2.33. The molecule has 1 fully saturated rings. The zero-order valence-electron chi connectivity index (χ0n) is 15.5. The van der Waals surface area contributed by atoms with Crippen LogP contribution in [0, 0.1) is 0 Å². The maximum atomic E-state index is 10.2. The first kappa shape index (κ1) is 21.2. The van der Waals surface area contributed by atoms with E-state index in [9.17, 15) is 9.90 Å². The van der Waals surface area contributed by atoms with Crippen molar-refractivity contribution in [1.29, 1.82) is 0 Å². The molecule has 0 unspecified atom stereocenters. The highest BCUT2D eigenvalue weighted by Crippen LogP contribution is 2.36. The number of aliphatic hydroxyl groups is 1. The highest BCUT2D eigenvalue weighted by molar-refractivity contribution is 9.10. The Morgan fingerprint density at radius 1 is 1.21 bits per heavy atom. The molecule has 7 nitrogen and oxygen atoms in total. The molecular weight excluding hydrogens is 440 g/mol. The van der Waals surface area contributed by atoms with Crippen LogP contribution >= 0.6 is 15.9 Å². The Kier molecular flexibility index (Phi) is 7.16. The van der Waals surface area contributed by atoms with E-state index in [1.165, 1.54) is 0 Å². The minimum atomic E-state index is -0.880. The summed E-state index contributed by atoms with van der Waals surface area (Å²) in [6, 6.07) is 16.1. The average molecular weight is 461 g/mol. The summed E-state index contributed by atoms with van der Waals surface area (Å²) >= 11 is 3.42. The van der Waals surface area contributed by atoms with Crippen LogP contribution in [-0.2, 0) is 21.8 Å². The smallest absolute Gasteiger partial charge is 0.335 e. The number of ether oxygens (including phenoxy) is 2. The van der Waals surface area contributed by atoms with Crippen LogP contribution in [0.4, 0.5) is 0 Å². The topological polar surface area (TPSA) is 93.8 Å². The molecule has 0 aliphatic carbocycles. The lowest BCUT2D eigenvalue weighted by atomic mass is 10.1. The fourth-order valence-electron chi connectivity index (χ4n) is 2.89. The third-order valence-corrected chi connectivity index (χ3v) is 4.85. The number of aromatic nitrogens is 2. The van der Waals surface area contributed by atoms with Gasteiger partial charge in [0.05, 0.1) is 31.6 Å². The van der Waals surface area contributed by atoms with Crippen molar-refractivity contribution in [1.82, 2.24) is 9.55 Å². The van der Waals surface area contributed by atoms with E-state index in [0.29, 0.717) is 18.7 Å². The first-order valence-electron chi connectivity index (χ1n) is 8.95. The second kappa shape index (κ2) is 9.80. The zero-order valence-corrected chi connectivity index (χ0v) is 17.1. The van der Waals surface area contributed by atoms with Gasteiger partial charge in [0.1, 0.15) is 6.10 Å². The number of carbonyl (C=O) groups is 1. The molecule has 0 radical (unpaired) electrons. The number of halogens is 1. The molecule has 1 aliphatic rings. The second-order valence-electron chi connectivity index (χ2n) is 6.40. The van der Waals surface area contributed by atoms with Crippen molar-refractivity contribution in [3.05, 3.63) is 88.9 Å². The Balaban J connectivity index is 0.000000224. The molecule has 4 rings (SSSR count). The number of hydrogen-bond donors (Lipinski definition) is 2. The number of aromatic carboxylic acids is 1. The van der Waals surface area contributed by atoms with E-state index in [0.717, 1.165) is 10.0 Å². The van der Waals surface area contributed by atoms with Crippen LogP contribution in [0.3, 0.4) is 0 Å². The number of rotatable bonds is 5. The highest BCUT2D eigenvalue weighted by atomic mass is 79.9. The van der Waals surface area contributed by atoms with Gasteiger partial charge in [0.2, 0.25) is 5.79 Å². The van der Waals surface area contributed by atoms with Gasteiger partial charge in [0.15, 0.2) is 0 Å². The molecule has 1 aliphatic heterocycles. The maximum Gasteiger partial charge on any atom is 0.335 e. The summed E-state index contributed by atoms with van der Waals surface area (Å²) < 4.78 is 14.8. The van der Waals surface area contributed by atoms with Crippen LogP contribution in [0.25, 0.3) is 0 Å². The average Bonchev–Trinajstić information content (AvgIpc) is 3.40. The Bertz CT molecular complexity index is 903. The first-order valence-corrected chi connectivity index (χ1v) is 9.74. The number of carboxylic acid groups (broad SMARTS) is 1. The fraction of sp³-hybridized carbons (Fsp3) is 0.238. The van der Waals surface area contributed by atoms with Gasteiger partial charge in [-0.2, -0.15) is 0 Å². The molecule has 2 aromatic carbocycles. The molecule has 8 heteroatoms. The highest BCUT2D eigenvalue weighted by Gasteiger charge is 2.43. The van der Waals surface area contributed by atoms with E-state index < -0.39 is 11.8 Å². The lowest BCUT2D eigenvalue weighted by Gasteiger charge is -2.29. The normalized spacial score (nSPS) is 20.7. The summed E-state index contributed by atoms with van der Waals surface area (Å²) in [5, 5.41) is 17.7. The molecule has 1 aromatic heterocycles. The second-order valence-corrected chi connectivity index (χ2v) is 7.32. The van der Waals surface area contributed by atoms with E-state index in [4.69, 9.17) is 14.6 Å². The summed E-state index contributed by atoms with van der Waals surface area (Å²) in [5.41, 5.74) is 1.25. The Labute approximate surface area is 176 Å². The molecular formula is C21H21BrN2O5. The van der Waals surface area contributed by atoms with Crippen LogP contribution in [0.1, 0.15) is 15.9 Å². The molecule has 0 amide bonds. The first-order chi connectivity index (χ1) is 14.0. The van der Waals surface area contributed by atoms with Crippen LogP contribution < -0.4 is 0 Å². The van der Waals surface area contributed by atoms with E-state index >= 15 is 0 Å². The predicted molar refractivity (Wildman–Crippen MR) is 109 cm³/mol. The van der Waals surface area contributed by atoms with Gasteiger partial charge in [-0.1, -0.05) is 46.3 Å². The number of nitrogens with zero attached hydrogens (tertiary/aromatic N) is 2. The Morgan fingerprint density at radius 2 is 1.93 bits per heavy atom. The molecule has 1 saturated heterocycles. The lowest BCUT2D eigenvalue weighted by molar-refractivity contribution is -0.190. The van der Waals surface area contributed by atoms with Gasteiger partial charge in [-0.3, -0.25) is 0 Å². The number of aliphatic hydroxyl groups excluding tert-OH is 1. The number of imidazole rings is 1. The van der Waals surface area contributed by atoms with Crippen molar-refractivity contribution in [3.63, 3.8) is 0 Å². The fourth-order valence-corrected chi connectivity index (χ4v) is 3.15. The largest absolute Gasteiger partial charge is 0.478 e. The minimum absolute atomic E-state index is 0.0534. The van der Waals surface area contributed by atoms with E-state index in [1.807, 2.05) is 35.0 Å². The summed E-state index contributed by atoms with van der Waals surface area (Å²) in [4.78, 5) is 14.2. The third kappa shape index (κ3) is 5.51. The molecule has 152 valence electrons. The van der Waals surface area contributed by atoms with Gasteiger partial charge >= 0.3 is 5.97 Å². The van der Waals surface area contributed by atoms with Gasteiger partial charge in [-0.15, -0.1) is 0 Å². The molecule has 0 spiro atoms. The molecule has 2 atom stereocenters. The van der Waals surface area contributed by atoms with Crippen molar-refractivity contribution in [2.75, 3.05) is 13.2 Å².